The molecule has 1 N–H and O–H groups in total. The Morgan fingerprint density at radius 1 is 1.21 bits per heavy atom. The molecular weight excluding hydrogens is 376 g/mol. The predicted octanol–water partition coefficient (Wildman–Crippen LogP) is 3.88. The molecule has 8 heteroatoms. The van der Waals surface area contributed by atoms with Gasteiger partial charge in [-0.3, -0.25) is 9.69 Å². The molecule has 0 radical (unpaired) electrons. The molecule has 3 rings (SSSR count). The number of anilines is 1. The Balaban J connectivity index is 2.13. The van der Waals surface area contributed by atoms with Gasteiger partial charge in [0.15, 0.2) is 0 Å². The first-order valence-corrected chi connectivity index (χ1v) is 10.4. The van der Waals surface area contributed by atoms with E-state index in [1.54, 1.807) is 24.9 Å². The van der Waals surface area contributed by atoms with E-state index in [1.165, 1.54) is 11.3 Å². The largest absolute Gasteiger partial charge is 0.497 e. The lowest BCUT2D eigenvalue weighted by molar-refractivity contribution is 0.205. The van der Waals surface area contributed by atoms with Crippen LogP contribution in [0.15, 0.2) is 28.0 Å². The van der Waals surface area contributed by atoms with Gasteiger partial charge in [-0.2, -0.15) is 0 Å². The summed E-state index contributed by atoms with van der Waals surface area (Å²) in [6.45, 7) is 8.14. The van der Waals surface area contributed by atoms with Gasteiger partial charge in [-0.1, -0.05) is 25.2 Å². The number of benzene rings is 1. The Bertz CT molecular complexity index is 913. The lowest BCUT2D eigenvalue weighted by Crippen LogP contribution is -2.33. The van der Waals surface area contributed by atoms with Crippen molar-refractivity contribution in [3.8, 4) is 17.2 Å². The number of fused-ring (bicyclic) bond motifs is 1. The van der Waals surface area contributed by atoms with E-state index in [9.17, 15) is 4.79 Å². The van der Waals surface area contributed by atoms with Crippen molar-refractivity contribution in [2.75, 3.05) is 32.6 Å². The molecule has 0 saturated carbocycles. The van der Waals surface area contributed by atoms with Crippen molar-refractivity contribution in [1.29, 1.82) is 0 Å². The SMILES string of the molecule is CCCN(CCC)C1N=C(C)Nc2c1sc(=O)n2-c1ccc(OC)cc1OC. The summed E-state index contributed by atoms with van der Waals surface area (Å²) in [6, 6.07) is 5.46. The Morgan fingerprint density at radius 3 is 2.54 bits per heavy atom. The van der Waals surface area contributed by atoms with Gasteiger partial charge in [-0.25, -0.2) is 9.56 Å². The molecule has 2 aromatic rings. The predicted molar refractivity (Wildman–Crippen MR) is 115 cm³/mol. The number of nitrogens with one attached hydrogen (secondary N) is 1. The molecule has 1 aliphatic rings. The summed E-state index contributed by atoms with van der Waals surface area (Å²) >= 11 is 1.24. The number of thiazole rings is 1. The highest BCUT2D eigenvalue weighted by atomic mass is 32.1. The zero-order chi connectivity index (χ0) is 20.3. The number of ether oxygens (including phenoxy) is 2. The summed E-state index contributed by atoms with van der Waals surface area (Å²) in [5, 5.41) is 3.31. The van der Waals surface area contributed by atoms with Crippen molar-refractivity contribution in [3.63, 3.8) is 0 Å². The summed E-state index contributed by atoms with van der Waals surface area (Å²) in [6.07, 6.45) is 1.94. The van der Waals surface area contributed by atoms with E-state index in [0.717, 1.165) is 42.5 Å². The molecule has 0 spiro atoms. The minimum absolute atomic E-state index is 0.0659. The van der Waals surface area contributed by atoms with E-state index >= 15 is 0 Å². The number of hydrogen-bond acceptors (Lipinski definition) is 7. The average molecular weight is 405 g/mol. The Kier molecular flexibility index (Phi) is 6.41. The van der Waals surface area contributed by atoms with Crippen molar-refractivity contribution in [2.24, 2.45) is 4.99 Å². The first-order valence-electron chi connectivity index (χ1n) is 9.57. The van der Waals surface area contributed by atoms with Crippen LogP contribution in [0.2, 0.25) is 0 Å². The molecule has 28 heavy (non-hydrogen) atoms. The highest BCUT2D eigenvalue weighted by molar-refractivity contribution is 7.10. The standard InChI is InChI=1S/C20H28N4O3S/c1-6-10-23(11-7-2)18-17-19(22-13(3)21-18)24(20(25)28-17)15-9-8-14(26-4)12-16(15)27-5/h8-9,12,18H,6-7,10-11H2,1-5H3,(H,21,22). The highest BCUT2D eigenvalue weighted by Gasteiger charge is 2.31. The van der Waals surface area contributed by atoms with Gasteiger partial charge in [0.1, 0.15) is 29.3 Å². The number of methoxy groups -OCH3 is 2. The van der Waals surface area contributed by atoms with Crippen LogP contribution >= 0.6 is 11.3 Å². The molecule has 2 heterocycles. The van der Waals surface area contributed by atoms with E-state index in [-0.39, 0.29) is 11.0 Å². The number of nitrogens with zero attached hydrogens (tertiary/aromatic N) is 3. The highest BCUT2D eigenvalue weighted by Crippen LogP contribution is 2.38. The molecule has 0 amide bonds. The van der Waals surface area contributed by atoms with Crippen LogP contribution in [-0.4, -0.2) is 42.6 Å². The second-order valence-corrected chi connectivity index (χ2v) is 7.70. The van der Waals surface area contributed by atoms with Crippen LogP contribution in [0.25, 0.3) is 5.69 Å². The lowest BCUT2D eigenvalue weighted by atomic mass is 10.2. The minimum Gasteiger partial charge on any atom is -0.497 e. The van der Waals surface area contributed by atoms with E-state index in [4.69, 9.17) is 14.5 Å². The van der Waals surface area contributed by atoms with Gasteiger partial charge in [0, 0.05) is 19.2 Å². The molecule has 1 aliphatic heterocycles. The van der Waals surface area contributed by atoms with Gasteiger partial charge in [0.25, 0.3) is 0 Å². The Hall–Kier alpha value is -2.32. The zero-order valence-electron chi connectivity index (χ0n) is 17.1. The second-order valence-electron chi connectivity index (χ2n) is 6.70. The Morgan fingerprint density at radius 2 is 1.93 bits per heavy atom. The van der Waals surface area contributed by atoms with Crippen LogP contribution in [0.4, 0.5) is 5.82 Å². The average Bonchev–Trinajstić information content (AvgIpc) is 3.02. The number of rotatable bonds is 8. The van der Waals surface area contributed by atoms with Crippen molar-refractivity contribution in [3.05, 3.63) is 32.7 Å². The number of amidine groups is 1. The fraction of sp³-hybridized carbons (Fsp3) is 0.500. The smallest absolute Gasteiger partial charge is 0.313 e. The zero-order valence-corrected chi connectivity index (χ0v) is 17.9. The summed E-state index contributed by atoms with van der Waals surface area (Å²) in [4.78, 5) is 21.0. The molecule has 152 valence electrons. The summed E-state index contributed by atoms with van der Waals surface area (Å²) in [7, 11) is 3.20. The second kappa shape index (κ2) is 8.79. The first kappa shape index (κ1) is 20.4. The van der Waals surface area contributed by atoms with E-state index < -0.39 is 0 Å². The number of aliphatic imine (C=N–C) groups is 1. The van der Waals surface area contributed by atoms with Gasteiger partial charge in [-0.15, -0.1) is 0 Å². The maximum absolute atomic E-state index is 13.0. The number of aromatic nitrogens is 1. The van der Waals surface area contributed by atoms with E-state index in [2.05, 4.69) is 24.1 Å². The van der Waals surface area contributed by atoms with Crippen molar-refractivity contribution >= 4 is 23.0 Å². The van der Waals surface area contributed by atoms with Crippen LogP contribution in [0.3, 0.4) is 0 Å². The molecule has 7 nitrogen and oxygen atoms in total. The van der Waals surface area contributed by atoms with Gasteiger partial charge in [0.05, 0.1) is 24.8 Å². The molecule has 0 aliphatic carbocycles. The first-order chi connectivity index (χ1) is 13.5. The fourth-order valence-corrected chi connectivity index (χ4v) is 4.51. The number of hydrogen-bond donors (Lipinski definition) is 1. The van der Waals surface area contributed by atoms with E-state index in [1.807, 2.05) is 19.1 Å². The maximum Gasteiger partial charge on any atom is 0.313 e. The fourth-order valence-electron chi connectivity index (χ4n) is 3.49. The van der Waals surface area contributed by atoms with Crippen LogP contribution in [-0.2, 0) is 0 Å². The molecule has 1 unspecified atom stereocenters. The van der Waals surface area contributed by atoms with E-state index in [0.29, 0.717) is 17.2 Å². The van der Waals surface area contributed by atoms with Crippen LogP contribution in [0.1, 0.15) is 44.7 Å². The van der Waals surface area contributed by atoms with Crippen LogP contribution in [0.5, 0.6) is 11.5 Å². The minimum atomic E-state index is -0.139. The lowest BCUT2D eigenvalue weighted by Gasteiger charge is -2.31. The molecule has 0 saturated heterocycles. The van der Waals surface area contributed by atoms with Crippen molar-refractivity contribution in [1.82, 2.24) is 9.47 Å². The van der Waals surface area contributed by atoms with Crippen LogP contribution in [0, 0.1) is 0 Å². The molecule has 0 fully saturated rings. The van der Waals surface area contributed by atoms with Gasteiger partial charge in [-0.05, 0) is 31.9 Å². The monoisotopic (exact) mass is 404 g/mol. The third-order valence-corrected chi connectivity index (χ3v) is 5.66. The molecule has 1 aromatic heterocycles. The summed E-state index contributed by atoms with van der Waals surface area (Å²) in [5.74, 6) is 2.83. The van der Waals surface area contributed by atoms with Crippen molar-refractivity contribution in [2.45, 2.75) is 39.8 Å². The summed E-state index contributed by atoms with van der Waals surface area (Å²) < 4.78 is 12.5. The molecule has 1 aromatic carbocycles. The normalized spacial score (nSPS) is 15.8. The summed E-state index contributed by atoms with van der Waals surface area (Å²) in [5.41, 5.74) is 0.685. The molecule has 1 atom stereocenters. The Labute approximate surface area is 169 Å². The topological polar surface area (TPSA) is 68.1 Å². The molecule has 0 bridgehead atoms. The molecular formula is C20H28N4O3S. The third kappa shape index (κ3) is 3.79. The van der Waals surface area contributed by atoms with Gasteiger partial charge in [0.2, 0.25) is 0 Å². The van der Waals surface area contributed by atoms with Crippen LogP contribution < -0.4 is 19.7 Å². The van der Waals surface area contributed by atoms with Gasteiger partial charge >= 0.3 is 4.87 Å². The third-order valence-electron chi connectivity index (χ3n) is 4.68. The van der Waals surface area contributed by atoms with Crippen molar-refractivity contribution < 1.29 is 9.47 Å². The quantitative estimate of drug-likeness (QED) is 0.723. The van der Waals surface area contributed by atoms with Gasteiger partial charge < -0.3 is 14.8 Å². The maximum atomic E-state index is 13.0.